The van der Waals surface area contributed by atoms with Gasteiger partial charge in [-0.1, -0.05) is 13.3 Å². The first kappa shape index (κ1) is 19.3. The summed E-state index contributed by atoms with van der Waals surface area (Å²) in [4.78, 5) is 24.0. The molecule has 1 amide bonds. The van der Waals surface area contributed by atoms with Crippen molar-refractivity contribution < 1.29 is 22.7 Å². The molecular formula is C20H23F2NO4. The summed E-state index contributed by atoms with van der Waals surface area (Å²) in [6.07, 6.45) is 0.109. The fourth-order valence-electron chi connectivity index (χ4n) is 3.34. The Morgan fingerprint density at radius 1 is 1.41 bits per heavy atom. The molecule has 1 aromatic heterocycles. The second-order valence-corrected chi connectivity index (χ2v) is 7.14. The molecule has 1 aromatic carbocycles. The number of carbonyl (C=O) groups excluding carboxylic acids is 1. The number of hydrogen-bond donors (Lipinski definition) is 1. The van der Waals surface area contributed by atoms with E-state index in [4.69, 9.17) is 9.15 Å². The predicted octanol–water partition coefficient (Wildman–Crippen LogP) is 3.74. The number of rotatable bonds is 6. The number of hydrogen-bond acceptors (Lipinski definition) is 4. The zero-order valence-corrected chi connectivity index (χ0v) is 15.6. The summed E-state index contributed by atoms with van der Waals surface area (Å²) < 4.78 is 36.9. The van der Waals surface area contributed by atoms with Crippen LogP contribution in [0, 0.1) is 6.92 Å². The van der Waals surface area contributed by atoms with E-state index < -0.39 is 29.6 Å². The molecule has 1 unspecified atom stereocenters. The van der Waals surface area contributed by atoms with Crippen molar-refractivity contribution in [1.82, 2.24) is 5.32 Å². The molecule has 3 rings (SSSR count). The molecule has 7 heteroatoms. The lowest BCUT2D eigenvalue weighted by Crippen LogP contribution is -2.53. The van der Waals surface area contributed by atoms with Crippen LogP contribution in [0.15, 0.2) is 27.4 Å². The molecule has 1 atom stereocenters. The van der Waals surface area contributed by atoms with Crippen molar-refractivity contribution in [1.29, 1.82) is 0 Å². The lowest BCUT2D eigenvalue weighted by Gasteiger charge is -2.35. The summed E-state index contributed by atoms with van der Waals surface area (Å²) in [6, 6.07) is 4.52. The zero-order chi connectivity index (χ0) is 19.8. The number of nitrogens with one attached hydrogen (secondary N) is 1. The van der Waals surface area contributed by atoms with Crippen molar-refractivity contribution in [2.75, 3.05) is 0 Å². The molecule has 1 aliphatic carbocycles. The van der Waals surface area contributed by atoms with Crippen molar-refractivity contribution >= 4 is 16.9 Å². The van der Waals surface area contributed by atoms with Crippen molar-refractivity contribution in [2.24, 2.45) is 0 Å². The number of ether oxygens (including phenoxy) is 1. The highest BCUT2D eigenvalue weighted by Gasteiger charge is 2.46. The number of alkyl halides is 2. The fraction of sp³-hybridized carbons (Fsp3) is 0.500. The van der Waals surface area contributed by atoms with Crippen molar-refractivity contribution in [3.8, 4) is 5.75 Å². The van der Waals surface area contributed by atoms with Gasteiger partial charge < -0.3 is 14.5 Å². The standard InChI is InChI=1S/C20H23F2NO4/c1-4-5-13-8-17(24)27-18-11(2)16(7-6-15(13)18)26-12(3)19(25)23-14-9-20(21,22)10-14/h6-8,12,14H,4-5,9-10H2,1-3H3,(H,23,25). The summed E-state index contributed by atoms with van der Waals surface area (Å²) in [7, 11) is 0. The highest BCUT2D eigenvalue weighted by Crippen LogP contribution is 2.37. The van der Waals surface area contributed by atoms with Crippen molar-refractivity contribution in [3.63, 3.8) is 0 Å². The summed E-state index contributed by atoms with van der Waals surface area (Å²) in [5.74, 6) is -2.72. The molecular weight excluding hydrogens is 356 g/mol. The summed E-state index contributed by atoms with van der Waals surface area (Å²) in [5.41, 5.74) is 1.55. The van der Waals surface area contributed by atoms with Gasteiger partial charge in [0.1, 0.15) is 11.3 Å². The number of fused-ring (bicyclic) bond motifs is 1. The van der Waals surface area contributed by atoms with E-state index in [1.54, 1.807) is 19.9 Å². The van der Waals surface area contributed by atoms with Gasteiger partial charge >= 0.3 is 5.63 Å². The topological polar surface area (TPSA) is 68.5 Å². The van der Waals surface area contributed by atoms with E-state index >= 15 is 0 Å². The molecule has 146 valence electrons. The Balaban J connectivity index is 1.77. The van der Waals surface area contributed by atoms with E-state index in [1.165, 1.54) is 6.07 Å². The Labute approximate surface area is 155 Å². The molecule has 0 radical (unpaired) electrons. The third-order valence-electron chi connectivity index (χ3n) is 4.83. The van der Waals surface area contributed by atoms with E-state index in [-0.39, 0.29) is 12.8 Å². The Morgan fingerprint density at radius 3 is 2.74 bits per heavy atom. The second kappa shape index (κ2) is 7.29. The number of amides is 1. The molecule has 27 heavy (non-hydrogen) atoms. The van der Waals surface area contributed by atoms with Crippen LogP contribution in [0.1, 0.15) is 44.2 Å². The van der Waals surface area contributed by atoms with Gasteiger partial charge in [0.15, 0.2) is 6.10 Å². The van der Waals surface area contributed by atoms with E-state index in [1.807, 2.05) is 13.0 Å². The Morgan fingerprint density at radius 2 is 2.11 bits per heavy atom. The van der Waals surface area contributed by atoms with Crippen molar-refractivity contribution in [2.45, 2.75) is 64.5 Å². The average Bonchev–Trinajstić information content (AvgIpc) is 2.56. The Hall–Kier alpha value is -2.44. The van der Waals surface area contributed by atoms with Gasteiger partial charge in [-0.25, -0.2) is 13.6 Å². The van der Waals surface area contributed by atoms with Gasteiger partial charge in [0, 0.05) is 35.9 Å². The summed E-state index contributed by atoms with van der Waals surface area (Å²) in [5, 5.41) is 3.41. The maximum absolute atomic E-state index is 12.9. The van der Waals surface area contributed by atoms with E-state index in [2.05, 4.69) is 5.32 Å². The largest absolute Gasteiger partial charge is 0.480 e. The quantitative estimate of drug-likeness (QED) is 0.777. The SMILES string of the molecule is CCCc1cc(=O)oc2c(C)c(OC(C)C(=O)NC3CC(F)(F)C3)ccc12. The molecule has 2 aromatic rings. The van der Waals surface area contributed by atoms with Gasteiger partial charge in [-0.05, 0) is 38.0 Å². The maximum atomic E-state index is 12.9. The van der Waals surface area contributed by atoms with Crippen LogP contribution in [-0.4, -0.2) is 24.0 Å². The van der Waals surface area contributed by atoms with Gasteiger partial charge in [-0.15, -0.1) is 0 Å². The molecule has 0 bridgehead atoms. The van der Waals surface area contributed by atoms with Crippen LogP contribution < -0.4 is 15.7 Å². The molecule has 1 N–H and O–H groups in total. The van der Waals surface area contributed by atoms with Crippen LogP contribution in [0.4, 0.5) is 8.78 Å². The number of carbonyl (C=O) groups is 1. The normalized spacial score (nSPS) is 17.4. The van der Waals surface area contributed by atoms with E-state index in [9.17, 15) is 18.4 Å². The van der Waals surface area contributed by atoms with Crippen molar-refractivity contribution in [3.05, 3.63) is 39.7 Å². The van der Waals surface area contributed by atoms with Crippen LogP contribution in [-0.2, 0) is 11.2 Å². The Bertz CT molecular complexity index is 914. The minimum absolute atomic E-state index is 0.341. The molecule has 1 saturated carbocycles. The number of aryl methyl sites for hydroxylation is 2. The molecule has 0 saturated heterocycles. The molecule has 0 aliphatic heterocycles. The molecule has 0 spiro atoms. The molecule has 1 heterocycles. The fourth-order valence-corrected chi connectivity index (χ4v) is 3.34. The van der Waals surface area contributed by atoms with Gasteiger partial charge in [-0.2, -0.15) is 0 Å². The first-order chi connectivity index (χ1) is 12.7. The third-order valence-corrected chi connectivity index (χ3v) is 4.83. The number of halogens is 2. The summed E-state index contributed by atoms with van der Waals surface area (Å²) in [6.45, 7) is 5.34. The van der Waals surface area contributed by atoms with Crippen LogP contribution >= 0.6 is 0 Å². The lowest BCUT2D eigenvalue weighted by molar-refractivity contribution is -0.134. The minimum Gasteiger partial charge on any atom is -0.480 e. The van der Waals surface area contributed by atoms with E-state index in [0.29, 0.717) is 16.9 Å². The molecule has 5 nitrogen and oxygen atoms in total. The van der Waals surface area contributed by atoms with Gasteiger partial charge in [0.05, 0.1) is 0 Å². The Kier molecular flexibility index (Phi) is 5.22. The average molecular weight is 379 g/mol. The first-order valence-electron chi connectivity index (χ1n) is 9.11. The van der Waals surface area contributed by atoms with E-state index in [0.717, 1.165) is 23.8 Å². The second-order valence-electron chi connectivity index (χ2n) is 7.14. The monoisotopic (exact) mass is 379 g/mol. The highest BCUT2D eigenvalue weighted by molar-refractivity contribution is 5.85. The smallest absolute Gasteiger partial charge is 0.336 e. The third kappa shape index (κ3) is 4.12. The number of benzene rings is 1. The molecule has 1 fully saturated rings. The van der Waals surface area contributed by atoms with Crippen LogP contribution in [0.5, 0.6) is 5.75 Å². The summed E-state index contributed by atoms with van der Waals surface area (Å²) >= 11 is 0. The first-order valence-corrected chi connectivity index (χ1v) is 9.11. The maximum Gasteiger partial charge on any atom is 0.336 e. The lowest BCUT2D eigenvalue weighted by atomic mass is 9.88. The van der Waals surface area contributed by atoms with Crippen LogP contribution in [0.2, 0.25) is 0 Å². The minimum atomic E-state index is -2.69. The molecule has 1 aliphatic rings. The van der Waals surface area contributed by atoms with Crippen LogP contribution in [0.3, 0.4) is 0 Å². The predicted molar refractivity (Wildman–Crippen MR) is 97.4 cm³/mol. The van der Waals surface area contributed by atoms with Gasteiger partial charge in [0.2, 0.25) is 0 Å². The van der Waals surface area contributed by atoms with Gasteiger partial charge in [0.25, 0.3) is 11.8 Å². The van der Waals surface area contributed by atoms with Crippen LogP contribution in [0.25, 0.3) is 11.0 Å². The highest BCUT2D eigenvalue weighted by atomic mass is 19.3. The van der Waals surface area contributed by atoms with Gasteiger partial charge in [-0.3, -0.25) is 4.79 Å². The zero-order valence-electron chi connectivity index (χ0n) is 15.6.